The number of fused-ring (bicyclic) bond motifs is 1. The van der Waals surface area contributed by atoms with Gasteiger partial charge < -0.3 is 14.2 Å². The molecule has 0 unspecified atom stereocenters. The second-order valence-corrected chi connectivity index (χ2v) is 9.46. The SMILES string of the molecule is COc1cc(COc2ccc(-c3cnc4c(-c5nn[nH]n5)cnn4c3C3CCCCC3)cc2)cc(OC)c1. The van der Waals surface area contributed by atoms with Crippen molar-refractivity contribution in [1.29, 1.82) is 0 Å². The predicted molar refractivity (Wildman–Crippen MR) is 141 cm³/mol. The largest absolute Gasteiger partial charge is 0.497 e. The number of nitrogens with one attached hydrogen (secondary N) is 1. The first-order valence-corrected chi connectivity index (χ1v) is 12.8. The molecule has 0 saturated heterocycles. The molecule has 10 heteroatoms. The Bertz CT molecular complexity index is 1500. The molecule has 0 atom stereocenters. The van der Waals surface area contributed by atoms with Gasteiger partial charge in [-0.05, 0) is 53.4 Å². The fourth-order valence-electron chi connectivity index (χ4n) is 5.22. The van der Waals surface area contributed by atoms with Gasteiger partial charge in [0, 0.05) is 23.7 Å². The molecule has 1 aliphatic rings. The van der Waals surface area contributed by atoms with E-state index in [1.165, 1.54) is 25.0 Å². The normalized spacial score (nSPS) is 14.1. The standard InChI is InChI=1S/C28H29N7O3/c1-36-22-12-18(13-23(14-22)37-2)17-38-21-10-8-19(9-11-21)24-15-29-28-25(27-31-33-34-32-27)16-30-35(28)26(24)20-6-4-3-5-7-20/h8-16,20H,3-7,17H2,1-2H3,(H,31,32,33,34). The number of aromatic nitrogens is 7. The molecule has 5 aromatic rings. The summed E-state index contributed by atoms with van der Waals surface area (Å²) in [5, 5.41) is 19.2. The van der Waals surface area contributed by atoms with Crippen LogP contribution in [0.4, 0.5) is 0 Å². The highest BCUT2D eigenvalue weighted by atomic mass is 16.5. The summed E-state index contributed by atoms with van der Waals surface area (Å²) >= 11 is 0. The Kier molecular flexibility index (Phi) is 6.60. The Balaban J connectivity index is 1.31. The lowest BCUT2D eigenvalue weighted by molar-refractivity contribution is 0.304. The van der Waals surface area contributed by atoms with Crippen LogP contribution in [0.1, 0.15) is 49.3 Å². The van der Waals surface area contributed by atoms with Crippen molar-refractivity contribution in [3.05, 3.63) is 66.1 Å². The van der Waals surface area contributed by atoms with Crippen molar-refractivity contribution in [2.45, 2.75) is 44.6 Å². The smallest absolute Gasteiger partial charge is 0.210 e. The minimum Gasteiger partial charge on any atom is -0.497 e. The van der Waals surface area contributed by atoms with Crippen molar-refractivity contribution in [2.24, 2.45) is 0 Å². The van der Waals surface area contributed by atoms with E-state index in [4.69, 9.17) is 24.3 Å². The zero-order chi connectivity index (χ0) is 25.9. The summed E-state index contributed by atoms with van der Waals surface area (Å²) in [7, 11) is 3.28. The highest BCUT2D eigenvalue weighted by Gasteiger charge is 2.25. The first kappa shape index (κ1) is 23.9. The van der Waals surface area contributed by atoms with E-state index in [-0.39, 0.29) is 0 Å². The maximum absolute atomic E-state index is 6.08. The zero-order valence-corrected chi connectivity index (χ0v) is 21.4. The molecule has 3 heterocycles. The lowest BCUT2D eigenvalue weighted by Gasteiger charge is -2.25. The minimum absolute atomic E-state index is 0.403. The van der Waals surface area contributed by atoms with E-state index in [2.05, 4.69) is 32.8 Å². The Labute approximate surface area is 220 Å². The number of methoxy groups -OCH3 is 2. The molecule has 194 valence electrons. The number of nitrogens with zero attached hydrogens (tertiary/aromatic N) is 6. The monoisotopic (exact) mass is 511 g/mol. The molecule has 0 amide bonds. The van der Waals surface area contributed by atoms with Crippen molar-refractivity contribution in [3.63, 3.8) is 0 Å². The van der Waals surface area contributed by atoms with E-state index in [9.17, 15) is 0 Å². The third-order valence-corrected chi connectivity index (χ3v) is 7.12. The van der Waals surface area contributed by atoms with Gasteiger partial charge in [-0.3, -0.25) is 0 Å². The first-order chi connectivity index (χ1) is 18.7. The molecule has 1 N–H and O–H groups in total. The van der Waals surface area contributed by atoms with Crippen molar-refractivity contribution in [2.75, 3.05) is 14.2 Å². The van der Waals surface area contributed by atoms with Crippen molar-refractivity contribution < 1.29 is 14.2 Å². The number of rotatable bonds is 8. The zero-order valence-electron chi connectivity index (χ0n) is 21.4. The Morgan fingerprint density at radius 2 is 1.66 bits per heavy atom. The van der Waals surface area contributed by atoms with Gasteiger partial charge in [-0.25, -0.2) is 9.50 Å². The predicted octanol–water partition coefficient (Wildman–Crippen LogP) is 5.22. The highest BCUT2D eigenvalue weighted by molar-refractivity contribution is 5.75. The minimum atomic E-state index is 0.403. The van der Waals surface area contributed by atoms with Crippen LogP contribution in [0.25, 0.3) is 28.2 Å². The van der Waals surface area contributed by atoms with Crippen molar-refractivity contribution >= 4 is 5.65 Å². The molecule has 1 saturated carbocycles. The molecule has 1 fully saturated rings. The molecule has 2 aromatic carbocycles. The van der Waals surface area contributed by atoms with Gasteiger partial charge >= 0.3 is 0 Å². The van der Waals surface area contributed by atoms with Crippen LogP contribution in [0, 0.1) is 0 Å². The number of benzene rings is 2. The number of ether oxygens (including phenoxy) is 3. The maximum Gasteiger partial charge on any atom is 0.210 e. The average molecular weight is 512 g/mol. The Morgan fingerprint density at radius 3 is 2.34 bits per heavy atom. The summed E-state index contributed by atoms with van der Waals surface area (Å²) in [6.07, 6.45) is 9.70. The first-order valence-electron chi connectivity index (χ1n) is 12.8. The summed E-state index contributed by atoms with van der Waals surface area (Å²) in [5.74, 6) is 3.14. The molecule has 1 aliphatic carbocycles. The number of H-pyrrole nitrogens is 1. The van der Waals surface area contributed by atoms with Gasteiger partial charge in [0.2, 0.25) is 5.82 Å². The fourth-order valence-corrected chi connectivity index (χ4v) is 5.22. The molecule has 10 nitrogen and oxygen atoms in total. The lowest BCUT2D eigenvalue weighted by Crippen LogP contribution is -2.12. The summed E-state index contributed by atoms with van der Waals surface area (Å²) in [4.78, 5) is 4.78. The summed E-state index contributed by atoms with van der Waals surface area (Å²) in [6, 6.07) is 13.9. The van der Waals surface area contributed by atoms with Crippen LogP contribution < -0.4 is 14.2 Å². The summed E-state index contributed by atoms with van der Waals surface area (Å²) < 4.78 is 18.8. The number of aromatic amines is 1. The third-order valence-electron chi connectivity index (χ3n) is 7.12. The Morgan fingerprint density at radius 1 is 0.895 bits per heavy atom. The fraction of sp³-hybridized carbons (Fsp3) is 0.321. The van der Waals surface area contributed by atoms with Crippen LogP contribution in [-0.2, 0) is 6.61 Å². The van der Waals surface area contributed by atoms with Crippen LogP contribution in [-0.4, -0.2) is 49.4 Å². The second-order valence-electron chi connectivity index (χ2n) is 9.46. The molecule has 0 aliphatic heterocycles. The van der Waals surface area contributed by atoms with Crippen LogP contribution in [0.15, 0.2) is 54.9 Å². The van der Waals surface area contributed by atoms with Crippen LogP contribution >= 0.6 is 0 Å². The summed E-state index contributed by atoms with van der Waals surface area (Å²) in [5.41, 5.74) is 5.81. The van der Waals surface area contributed by atoms with E-state index < -0.39 is 0 Å². The molecule has 0 radical (unpaired) electrons. The van der Waals surface area contributed by atoms with Gasteiger partial charge in [0.05, 0.1) is 31.7 Å². The van der Waals surface area contributed by atoms with Gasteiger partial charge in [0.15, 0.2) is 5.65 Å². The molecule has 3 aromatic heterocycles. The average Bonchev–Trinajstić information content (AvgIpc) is 3.66. The molecule has 38 heavy (non-hydrogen) atoms. The molecule has 6 rings (SSSR count). The van der Waals surface area contributed by atoms with Gasteiger partial charge in [-0.15, -0.1) is 10.2 Å². The summed E-state index contributed by atoms with van der Waals surface area (Å²) in [6.45, 7) is 0.403. The number of tetrazole rings is 1. The maximum atomic E-state index is 6.08. The second kappa shape index (κ2) is 10.5. The van der Waals surface area contributed by atoms with Crippen molar-refractivity contribution in [3.8, 4) is 39.8 Å². The van der Waals surface area contributed by atoms with E-state index in [1.807, 2.05) is 41.0 Å². The number of hydrogen-bond donors (Lipinski definition) is 1. The van der Waals surface area contributed by atoms with Gasteiger partial charge in [-0.2, -0.15) is 10.3 Å². The van der Waals surface area contributed by atoms with Gasteiger partial charge in [0.1, 0.15) is 23.9 Å². The van der Waals surface area contributed by atoms with E-state index in [1.54, 1.807) is 20.4 Å². The van der Waals surface area contributed by atoms with Crippen molar-refractivity contribution in [1.82, 2.24) is 35.2 Å². The van der Waals surface area contributed by atoms with Crippen LogP contribution in [0.2, 0.25) is 0 Å². The molecular formula is C28H29N7O3. The topological polar surface area (TPSA) is 112 Å². The number of hydrogen-bond acceptors (Lipinski definition) is 8. The quantitative estimate of drug-likeness (QED) is 0.302. The van der Waals surface area contributed by atoms with Crippen LogP contribution in [0.3, 0.4) is 0 Å². The molecule has 0 bridgehead atoms. The van der Waals surface area contributed by atoms with E-state index in [0.717, 1.165) is 58.0 Å². The lowest BCUT2D eigenvalue weighted by atomic mass is 9.84. The van der Waals surface area contributed by atoms with E-state index >= 15 is 0 Å². The molecule has 0 spiro atoms. The van der Waals surface area contributed by atoms with Gasteiger partial charge in [0.25, 0.3) is 0 Å². The Hall–Kier alpha value is -4.47. The molecular weight excluding hydrogens is 482 g/mol. The highest BCUT2D eigenvalue weighted by Crippen LogP contribution is 2.39. The van der Waals surface area contributed by atoms with Gasteiger partial charge in [-0.1, -0.05) is 31.4 Å². The van der Waals surface area contributed by atoms with E-state index in [0.29, 0.717) is 18.3 Å². The van der Waals surface area contributed by atoms with Crippen LogP contribution in [0.5, 0.6) is 17.2 Å². The third kappa shape index (κ3) is 4.65.